The number of pyridine rings is 1. The summed E-state index contributed by atoms with van der Waals surface area (Å²) in [5.74, 6) is 0.845. The fraction of sp³-hybridized carbons (Fsp3) is 0.154. The molecule has 2 rings (SSSR count). The van der Waals surface area contributed by atoms with Gasteiger partial charge in [0.15, 0.2) is 0 Å². The van der Waals surface area contributed by atoms with Crippen LogP contribution in [0.15, 0.2) is 41.0 Å². The highest BCUT2D eigenvalue weighted by Gasteiger charge is 1.98. The molecule has 2 aromatic rings. The molecule has 82 valence electrons. The number of aromatic nitrogens is 1. The number of halogens is 1. The van der Waals surface area contributed by atoms with Crippen LogP contribution in [-0.4, -0.2) is 4.98 Å². The number of anilines is 2. The van der Waals surface area contributed by atoms with E-state index in [2.05, 4.69) is 58.3 Å². The first-order valence-corrected chi connectivity index (χ1v) is 5.91. The second-order valence-corrected chi connectivity index (χ2v) is 4.58. The Morgan fingerprint density at radius 1 is 1.06 bits per heavy atom. The van der Waals surface area contributed by atoms with Gasteiger partial charge in [-0.1, -0.05) is 12.1 Å². The van der Waals surface area contributed by atoms with Crippen LogP contribution in [0.2, 0.25) is 0 Å². The van der Waals surface area contributed by atoms with Crippen molar-refractivity contribution in [1.82, 2.24) is 4.98 Å². The normalized spacial score (nSPS) is 10.2. The minimum atomic E-state index is 0.835. The molecule has 0 fully saturated rings. The van der Waals surface area contributed by atoms with Crippen LogP contribution in [0.1, 0.15) is 11.1 Å². The summed E-state index contributed by atoms with van der Waals surface area (Å²) in [4.78, 5) is 4.33. The molecule has 1 aromatic carbocycles. The van der Waals surface area contributed by atoms with Gasteiger partial charge in [-0.3, -0.25) is 0 Å². The molecule has 1 heterocycles. The maximum absolute atomic E-state index is 4.33. The lowest BCUT2D eigenvalue weighted by Crippen LogP contribution is -1.94. The quantitative estimate of drug-likeness (QED) is 0.832. The molecule has 2 nitrogen and oxygen atoms in total. The lowest BCUT2D eigenvalue weighted by Gasteiger charge is -2.08. The molecule has 0 amide bonds. The van der Waals surface area contributed by atoms with E-state index in [9.17, 15) is 0 Å². The molecule has 0 radical (unpaired) electrons. The van der Waals surface area contributed by atoms with Crippen LogP contribution in [0.3, 0.4) is 0 Å². The van der Waals surface area contributed by atoms with Crippen LogP contribution in [0.5, 0.6) is 0 Å². The maximum atomic E-state index is 4.33. The third-order valence-electron chi connectivity index (χ3n) is 2.49. The van der Waals surface area contributed by atoms with Crippen molar-refractivity contribution in [1.29, 1.82) is 0 Å². The lowest BCUT2D eigenvalue weighted by molar-refractivity contribution is 1.26. The molecule has 16 heavy (non-hydrogen) atoms. The van der Waals surface area contributed by atoms with E-state index in [4.69, 9.17) is 0 Å². The molecular weight excluding hydrogens is 264 g/mol. The molecular formula is C13H13BrN2. The van der Waals surface area contributed by atoms with Crippen molar-refractivity contribution in [3.05, 3.63) is 52.1 Å². The number of benzene rings is 1. The number of hydrogen-bond donors (Lipinski definition) is 1. The maximum Gasteiger partial charge on any atom is 0.131 e. The van der Waals surface area contributed by atoms with Crippen molar-refractivity contribution in [2.24, 2.45) is 0 Å². The van der Waals surface area contributed by atoms with Crippen molar-refractivity contribution < 1.29 is 0 Å². The number of aryl methyl sites for hydroxylation is 2. The molecule has 0 saturated carbocycles. The highest BCUT2D eigenvalue weighted by molar-refractivity contribution is 9.10. The summed E-state index contributed by atoms with van der Waals surface area (Å²) in [5.41, 5.74) is 3.64. The first kappa shape index (κ1) is 11.1. The Hall–Kier alpha value is -1.35. The summed E-state index contributed by atoms with van der Waals surface area (Å²) >= 11 is 3.35. The summed E-state index contributed by atoms with van der Waals surface area (Å²) in [6.07, 6.45) is 0. The topological polar surface area (TPSA) is 24.9 Å². The van der Waals surface area contributed by atoms with Crippen LogP contribution >= 0.6 is 15.9 Å². The van der Waals surface area contributed by atoms with E-state index in [0.29, 0.717) is 0 Å². The van der Waals surface area contributed by atoms with Crippen LogP contribution in [-0.2, 0) is 0 Å². The Morgan fingerprint density at radius 2 is 1.88 bits per heavy atom. The van der Waals surface area contributed by atoms with Gasteiger partial charge in [0.2, 0.25) is 0 Å². The van der Waals surface area contributed by atoms with E-state index in [0.717, 1.165) is 16.1 Å². The third kappa shape index (κ3) is 2.61. The van der Waals surface area contributed by atoms with Gasteiger partial charge in [-0.2, -0.15) is 0 Å². The first-order valence-electron chi connectivity index (χ1n) is 5.12. The van der Waals surface area contributed by atoms with Crippen molar-refractivity contribution in [2.45, 2.75) is 13.8 Å². The Labute approximate surface area is 104 Å². The summed E-state index contributed by atoms with van der Waals surface area (Å²) in [5, 5.41) is 3.27. The Bertz CT molecular complexity index is 509. The minimum Gasteiger partial charge on any atom is -0.340 e. The number of rotatable bonds is 2. The average Bonchev–Trinajstić information content (AvgIpc) is 2.24. The number of hydrogen-bond acceptors (Lipinski definition) is 2. The second kappa shape index (κ2) is 4.66. The molecule has 1 aromatic heterocycles. The Kier molecular flexibility index (Phi) is 3.25. The van der Waals surface area contributed by atoms with Gasteiger partial charge >= 0.3 is 0 Å². The van der Waals surface area contributed by atoms with Crippen molar-refractivity contribution in [3.63, 3.8) is 0 Å². The minimum absolute atomic E-state index is 0.835. The highest BCUT2D eigenvalue weighted by Crippen LogP contribution is 2.19. The third-order valence-corrected chi connectivity index (χ3v) is 2.94. The second-order valence-electron chi connectivity index (χ2n) is 3.77. The van der Waals surface area contributed by atoms with Gasteiger partial charge in [0, 0.05) is 5.69 Å². The molecule has 0 aliphatic heterocycles. The summed E-state index contributed by atoms with van der Waals surface area (Å²) < 4.78 is 0.835. The standard InChI is InChI=1S/C13H13BrN2/c1-9-6-7-11(8-10(9)2)15-13-5-3-4-12(14)16-13/h3-8H,1-2H3,(H,15,16). The van der Waals surface area contributed by atoms with E-state index >= 15 is 0 Å². The Balaban J connectivity index is 2.24. The van der Waals surface area contributed by atoms with Crippen molar-refractivity contribution in [2.75, 3.05) is 5.32 Å². The fourth-order valence-corrected chi connectivity index (χ4v) is 1.79. The van der Waals surface area contributed by atoms with Gasteiger partial charge in [0.05, 0.1) is 0 Å². The Morgan fingerprint density at radius 3 is 2.56 bits per heavy atom. The zero-order valence-electron chi connectivity index (χ0n) is 9.29. The summed E-state index contributed by atoms with van der Waals surface area (Å²) in [7, 11) is 0. The van der Waals surface area contributed by atoms with Gasteiger partial charge in [-0.05, 0) is 65.2 Å². The van der Waals surface area contributed by atoms with Gasteiger partial charge in [0.1, 0.15) is 10.4 Å². The van der Waals surface area contributed by atoms with Crippen LogP contribution < -0.4 is 5.32 Å². The van der Waals surface area contributed by atoms with Crippen LogP contribution in [0.25, 0.3) is 0 Å². The van der Waals surface area contributed by atoms with E-state index in [1.54, 1.807) is 0 Å². The SMILES string of the molecule is Cc1ccc(Nc2cccc(Br)n2)cc1C. The first-order chi connectivity index (χ1) is 7.65. The zero-order chi connectivity index (χ0) is 11.5. The predicted molar refractivity (Wildman–Crippen MR) is 71.1 cm³/mol. The predicted octanol–water partition coefficient (Wildman–Crippen LogP) is 4.20. The summed E-state index contributed by atoms with van der Waals surface area (Å²) in [6.45, 7) is 4.21. The van der Waals surface area contributed by atoms with Crippen LogP contribution in [0, 0.1) is 13.8 Å². The molecule has 0 aliphatic rings. The van der Waals surface area contributed by atoms with Gasteiger partial charge in [0.25, 0.3) is 0 Å². The smallest absolute Gasteiger partial charge is 0.131 e. The molecule has 0 unspecified atom stereocenters. The number of nitrogens with zero attached hydrogens (tertiary/aromatic N) is 1. The van der Waals surface area contributed by atoms with Gasteiger partial charge < -0.3 is 5.32 Å². The largest absolute Gasteiger partial charge is 0.340 e. The zero-order valence-corrected chi connectivity index (χ0v) is 10.9. The molecule has 0 spiro atoms. The highest BCUT2D eigenvalue weighted by atomic mass is 79.9. The molecule has 3 heteroatoms. The molecule has 0 aliphatic carbocycles. The lowest BCUT2D eigenvalue weighted by atomic mass is 10.1. The number of nitrogens with one attached hydrogen (secondary N) is 1. The van der Waals surface area contributed by atoms with Gasteiger partial charge in [-0.15, -0.1) is 0 Å². The summed E-state index contributed by atoms with van der Waals surface area (Å²) in [6, 6.07) is 12.1. The molecule has 0 saturated heterocycles. The fourth-order valence-electron chi connectivity index (χ4n) is 1.44. The van der Waals surface area contributed by atoms with Crippen molar-refractivity contribution >= 4 is 27.4 Å². The molecule has 1 N–H and O–H groups in total. The molecule has 0 atom stereocenters. The van der Waals surface area contributed by atoms with Gasteiger partial charge in [-0.25, -0.2) is 4.98 Å². The monoisotopic (exact) mass is 276 g/mol. The molecule has 0 bridgehead atoms. The van der Waals surface area contributed by atoms with E-state index in [1.165, 1.54) is 11.1 Å². The van der Waals surface area contributed by atoms with Crippen LogP contribution in [0.4, 0.5) is 11.5 Å². The van der Waals surface area contributed by atoms with Crippen molar-refractivity contribution in [3.8, 4) is 0 Å². The van der Waals surface area contributed by atoms with E-state index < -0.39 is 0 Å². The van der Waals surface area contributed by atoms with E-state index in [-0.39, 0.29) is 0 Å². The van der Waals surface area contributed by atoms with E-state index in [1.807, 2.05) is 18.2 Å². The average molecular weight is 277 g/mol.